The maximum Gasteiger partial charge on any atom is 0.240 e. The van der Waals surface area contributed by atoms with Gasteiger partial charge in [-0.05, 0) is 43.9 Å². The Labute approximate surface area is 147 Å². The minimum absolute atomic E-state index is 0.0659. The van der Waals surface area contributed by atoms with Crippen molar-refractivity contribution in [1.82, 2.24) is 4.90 Å². The van der Waals surface area contributed by atoms with Gasteiger partial charge in [0.15, 0.2) is 0 Å². The second-order valence-corrected chi connectivity index (χ2v) is 6.80. The van der Waals surface area contributed by atoms with Gasteiger partial charge < -0.3 is 10.2 Å². The number of benzene rings is 1. The Bertz CT molecular complexity index is 594. The first-order chi connectivity index (χ1) is 10.9. The molecular weight excluding hydrogens is 335 g/mol. The van der Waals surface area contributed by atoms with Crippen molar-refractivity contribution in [3.8, 4) is 0 Å². The van der Waals surface area contributed by atoms with Gasteiger partial charge in [-0.1, -0.05) is 37.0 Å². The second-order valence-electron chi connectivity index (χ2n) is 5.95. The van der Waals surface area contributed by atoms with Crippen molar-refractivity contribution in [2.75, 3.05) is 18.4 Å². The summed E-state index contributed by atoms with van der Waals surface area (Å²) in [6.45, 7) is 5.43. The van der Waals surface area contributed by atoms with Crippen LogP contribution in [-0.4, -0.2) is 29.8 Å². The Kier molecular flexibility index (Phi) is 5.93. The minimum Gasteiger partial charge on any atom is -0.342 e. The van der Waals surface area contributed by atoms with Gasteiger partial charge in [0.1, 0.15) is 5.41 Å². The molecule has 1 saturated carbocycles. The standard InChI is InChI=1S/C17H22Cl2N2O2/c1-3-9-21(10-4-2)16(23)17(7-8-17)15(22)20-14-6-5-12(18)11-13(14)19/h5-6,11H,3-4,7-10H2,1-2H3,(H,20,22). The van der Waals surface area contributed by atoms with E-state index < -0.39 is 5.41 Å². The average molecular weight is 357 g/mol. The summed E-state index contributed by atoms with van der Waals surface area (Å²) in [5, 5.41) is 3.65. The van der Waals surface area contributed by atoms with Gasteiger partial charge in [0, 0.05) is 18.1 Å². The van der Waals surface area contributed by atoms with Crippen molar-refractivity contribution < 1.29 is 9.59 Å². The number of anilines is 1. The van der Waals surface area contributed by atoms with Crippen molar-refractivity contribution in [3.63, 3.8) is 0 Å². The zero-order valence-electron chi connectivity index (χ0n) is 13.5. The summed E-state index contributed by atoms with van der Waals surface area (Å²) in [4.78, 5) is 27.2. The van der Waals surface area contributed by atoms with Crippen LogP contribution < -0.4 is 5.32 Å². The first kappa shape index (κ1) is 18.1. The molecule has 0 atom stereocenters. The Morgan fingerprint density at radius 3 is 2.26 bits per heavy atom. The summed E-state index contributed by atoms with van der Waals surface area (Å²) < 4.78 is 0. The lowest BCUT2D eigenvalue weighted by Gasteiger charge is -2.26. The minimum atomic E-state index is -0.923. The lowest BCUT2D eigenvalue weighted by Crippen LogP contribution is -2.43. The Morgan fingerprint density at radius 1 is 1.17 bits per heavy atom. The number of rotatable bonds is 7. The van der Waals surface area contributed by atoms with E-state index in [4.69, 9.17) is 23.2 Å². The molecule has 1 fully saturated rings. The fourth-order valence-corrected chi connectivity index (χ4v) is 3.11. The van der Waals surface area contributed by atoms with Gasteiger partial charge in [0.25, 0.3) is 0 Å². The Hall–Kier alpha value is -1.26. The molecule has 2 rings (SSSR count). The molecule has 1 aliphatic carbocycles. The molecule has 23 heavy (non-hydrogen) atoms. The quantitative estimate of drug-likeness (QED) is 0.737. The predicted octanol–water partition coefficient (Wildman–Crippen LogP) is 4.36. The monoisotopic (exact) mass is 356 g/mol. The molecule has 2 amide bonds. The lowest BCUT2D eigenvalue weighted by molar-refractivity contribution is -0.142. The molecule has 0 spiro atoms. The molecular formula is C17H22Cl2N2O2. The van der Waals surface area contributed by atoms with Crippen molar-refractivity contribution in [2.24, 2.45) is 5.41 Å². The number of nitrogens with zero attached hydrogens (tertiary/aromatic N) is 1. The highest BCUT2D eigenvalue weighted by Gasteiger charge is 2.57. The van der Waals surface area contributed by atoms with Gasteiger partial charge in [-0.2, -0.15) is 0 Å². The van der Waals surface area contributed by atoms with E-state index in [0.717, 1.165) is 12.8 Å². The number of carbonyl (C=O) groups is 2. The van der Waals surface area contributed by atoms with E-state index in [0.29, 0.717) is 41.7 Å². The molecule has 0 aliphatic heterocycles. The third kappa shape index (κ3) is 3.99. The average Bonchev–Trinajstić information content (AvgIpc) is 3.31. The van der Waals surface area contributed by atoms with Gasteiger partial charge in [0.2, 0.25) is 11.8 Å². The third-order valence-electron chi connectivity index (χ3n) is 4.05. The first-order valence-electron chi connectivity index (χ1n) is 8.00. The molecule has 0 unspecified atom stereocenters. The van der Waals surface area contributed by atoms with E-state index in [9.17, 15) is 9.59 Å². The van der Waals surface area contributed by atoms with Crippen molar-refractivity contribution in [1.29, 1.82) is 0 Å². The highest BCUT2D eigenvalue weighted by Crippen LogP contribution is 2.48. The molecule has 126 valence electrons. The van der Waals surface area contributed by atoms with E-state index in [1.165, 1.54) is 0 Å². The maximum absolute atomic E-state index is 12.8. The van der Waals surface area contributed by atoms with Crippen LogP contribution in [0.5, 0.6) is 0 Å². The van der Waals surface area contributed by atoms with Crippen molar-refractivity contribution in [2.45, 2.75) is 39.5 Å². The van der Waals surface area contributed by atoms with Gasteiger partial charge in [0.05, 0.1) is 10.7 Å². The summed E-state index contributed by atoms with van der Waals surface area (Å²) in [5.74, 6) is -0.340. The van der Waals surface area contributed by atoms with Crippen molar-refractivity contribution >= 4 is 40.7 Å². The number of halogens is 2. The fourth-order valence-electron chi connectivity index (χ4n) is 2.65. The van der Waals surface area contributed by atoms with E-state index in [-0.39, 0.29) is 11.8 Å². The summed E-state index contributed by atoms with van der Waals surface area (Å²) in [5.41, 5.74) is -0.439. The van der Waals surface area contributed by atoms with Crippen LogP contribution in [0.1, 0.15) is 39.5 Å². The normalized spacial score (nSPS) is 15.1. The van der Waals surface area contributed by atoms with Crippen molar-refractivity contribution in [3.05, 3.63) is 28.2 Å². The van der Waals surface area contributed by atoms with Gasteiger partial charge in [-0.3, -0.25) is 9.59 Å². The first-order valence-corrected chi connectivity index (χ1v) is 8.76. The number of carbonyl (C=O) groups excluding carboxylic acids is 2. The maximum atomic E-state index is 12.8. The van der Waals surface area contributed by atoms with Crippen LogP contribution in [0.3, 0.4) is 0 Å². The zero-order chi connectivity index (χ0) is 17.0. The largest absolute Gasteiger partial charge is 0.342 e. The molecule has 1 N–H and O–H groups in total. The Morgan fingerprint density at radius 2 is 1.78 bits per heavy atom. The topological polar surface area (TPSA) is 49.4 Å². The number of amides is 2. The highest BCUT2D eigenvalue weighted by atomic mass is 35.5. The second kappa shape index (κ2) is 7.54. The summed E-state index contributed by atoms with van der Waals surface area (Å²) >= 11 is 12.0. The van der Waals surface area contributed by atoms with Crippen LogP contribution in [0.4, 0.5) is 5.69 Å². The van der Waals surface area contributed by atoms with E-state index >= 15 is 0 Å². The molecule has 4 nitrogen and oxygen atoms in total. The molecule has 6 heteroatoms. The molecule has 0 bridgehead atoms. The molecule has 1 aliphatic rings. The molecule has 0 radical (unpaired) electrons. The molecule has 1 aromatic rings. The smallest absolute Gasteiger partial charge is 0.240 e. The molecule has 0 saturated heterocycles. The predicted molar refractivity (Wildman–Crippen MR) is 93.9 cm³/mol. The van der Waals surface area contributed by atoms with E-state index in [1.807, 2.05) is 13.8 Å². The highest BCUT2D eigenvalue weighted by molar-refractivity contribution is 6.36. The van der Waals surface area contributed by atoms with Gasteiger partial charge in [-0.25, -0.2) is 0 Å². The zero-order valence-corrected chi connectivity index (χ0v) is 15.0. The van der Waals surface area contributed by atoms with Crippen LogP contribution in [0, 0.1) is 5.41 Å². The number of hydrogen-bond acceptors (Lipinski definition) is 2. The molecule has 0 aromatic heterocycles. The third-order valence-corrected chi connectivity index (χ3v) is 4.60. The Balaban J connectivity index is 2.12. The fraction of sp³-hybridized carbons (Fsp3) is 0.529. The van der Waals surface area contributed by atoms with E-state index in [1.54, 1.807) is 23.1 Å². The van der Waals surface area contributed by atoms with Gasteiger partial charge in [-0.15, -0.1) is 0 Å². The molecule has 0 heterocycles. The number of nitrogens with one attached hydrogen (secondary N) is 1. The summed E-state index contributed by atoms with van der Waals surface area (Å²) in [7, 11) is 0. The van der Waals surface area contributed by atoms with E-state index in [2.05, 4.69) is 5.32 Å². The van der Waals surface area contributed by atoms with Crippen LogP contribution >= 0.6 is 23.2 Å². The SMILES string of the molecule is CCCN(CCC)C(=O)C1(C(=O)Nc2ccc(Cl)cc2Cl)CC1. The summed E-state index contributed by atoms with van der Waals surface area (Å²) in [6.07, 6.45) is 2.94. The van der Waals surface area contributed by atoms with Crippen LogP contribution in [0.25, 0.3) is 0 Å². The summed E-state index contributed by atoms with van der Waals surface area (Å²) in [6, 6.07) is 4.88. The number of hydrogen-bond donors (Lipinski definition) is 1. The molecule has 1 aromatic carbocycles. The van der Waals surface area contributed by atoms with Crippen LogP contribution in [0.15, 0.2) is 18.2 Å². The van der Waals surface area contributed by atoms with Gasteiger partial charge >= 0.3 is 0 Å². The van der Waals surface area contributed by atoms with Crippen LogP contribution in [0.2, 0.25) is 10.0 Å². The van der Waals surface area contributed by atoms with Crippen LogP contribution in [-0.2, 0) is 9.59 Å². The lowest BCUT2D eigenvalue weighted by atomic mass is 10.0.